The Morgan fingerprint density at radius 3 is 2.68 bits per heavy atom. The van der Waals surface area contributed by atoms with Crippen LogP contribution in [0, 0.1) is 0 Å². The molecular weight excluding hydrogens is 396 g/mol. The molecule has 1 aliphatic rings. The van der Waals surface area contributed by atoms with E-state index in [2.05, 4.69) is 25.6 Å². The number of hydrogen-bond donors (Lipinski definition) is 2. The number of carbonyl (C=O) groups is 1. The minimum atomic E-state index is -0.260. The fourth-order valence-corrected chi connectivity index (χ4v) is 3.19. The molecule has 2 N–H and O–H groups in total. The highest BCUT2D eigenvalue weighted by atomic mass is 16.6. The Morgan fingerprint density at radius 2 is 1.84 bits per heavy atom. The maximum Gasteiger partial charge on any atom is 0.259 e. The SMILES string of the molecule is O=C(Nc1ccc(Nc2cc(-n3ccnc3)ncn2)cc1)c1cccc2c1OCCO2. The van der Waals surface area contributed by atoms with Gasteiger partial charge in [-0.15, -0.1) is 0 Å². The van der Waals surface area contributed by atoms with Crippen molar-refractivity contribution in [3.05, 3.63) is 79.1 Å². The van der Waals surface area contributed by atoms with Gasteiger partial charge in [-0.2, -0.15) is 0 Å². The summed E-state index contributed by atoms with van der Waals surface area (Å²) in [6, 6.07) is 14.4. The Labute approximate surface area is 177 Å². The van der Waals surface area contributed by atoms with Crippen LogP contribution in [0.5, 0.6) is 11.5 Å². The van der Waals surface area contributed by atoms with Crippen LogP contribution < -0.4 is 20.1 Å². The number of anilines is 3. The van der Waals surface area contributed by atoms with Crippen LogP contribution in [0.25, 0.3) is 5.82 Å². The van der Waals surface area contributed by atoms with Crippen molar-refractivity contribution in [3.8, 4) is 17.3 Å². The molecule has 0 unspecified atom stereocenters. The average molecular weight is 414 g/mol. The highest BCUT2D eigenvalue weighted by molar-refractivity contribution is 6.06. The average Bonchev–Trinajstić information content (AvgIpc) is 3.35. The van der Waals surface area contributed by atoms with E-state index in [1.165, 1.54) is 6.33 Å². The number of hydrogen-bond acceptors (Lipinski definition) is 7. The molecule has 0 aliphatic carbocycles. The number of ether oxygens (including phenoxy) is 2. The van der Waals surface area contributed by atoms with Crippen molar-refractivity contribution in [3.63, 3.8) is 0 Å². The molecule has 2 aromatic heterocycles. The smallest absolute Gasteiger partial charge is 0.259 e. The molecule has 0 saturated heterocycles. The zero-order valence-corrected chi connectivity index (χ0v) is 16.4. The molecule has 0 bridgehead atoms. The van der Waals surface area contributed by atoms with E-state index in [0.717, 1.165) is 5.69 Å². The first-order valence-corrected chi connectivity index (χ1v) is 9.64. The fourth-order valence-electron chi connectivity index (χ4n) is 3.19. The summed E-state index contributed by atoms with van der Waals surface area (Å²) >= 11 is 0. The molecule has 0 saturated carbocycles. The number of amides is 1. The molecule has 9 heteroatoms. The van der Waals surface area contributed by atoms with E-state index in [1.807, 2.05) is 36.5 Å². The third-order valence-corrected chi connectivity index (χ3v) is 4.65. The second kappa shape index (κ2) is 8.15. The van der Waals surface area contributed by atoms with Gasteiger partial charge in [0.2, 0.25) is 0 Å². The molecule has 31 heavy (non-hydrogen) atoms. The first kappa shape index (κ1) is 18.6. The third kappa shape index (κ3) is 4.01. The van der Waals surface area contributed by atoms with Crippen LogP contribution in [0.2, 0.25) is 0 Å². The van der Waals surface area contributed by atoms with Crippen LogP contribution >= 0.6 is 0 Å². The lowest BCUT2D eigenvalue weighted by atomic mass is 10.1. The third-order valence-electron chi connectivity index (χ3n) is 4.65. The Kier molecular flexibility index (Phi) is 4.89. The van der Waals surface area contributed by atoms with Crippen molar-refractivity contribution in [2.24, 2.45) is 0 Å². The summed E-state index contributed by atoms with van der Waals surface area (Å²) in [5.41, 5.74) is 1.92. The Hall–Kier alpha value is -4.40. The number of carbonyl (C=O) groups excluding carboxylic acids is 1. The summed E-state index contributed by atoms with van der Waals surface area (Å²) in [5.74, 6) is 2.14. The van der Waals surface area contributed by atoms with Gasteiger partial charge in [0.05, 0.1) is 5.56 Å². The summed E-state index contributed by atoms with van der Waals surface area (Å²) in [6.07, 6.45) is 6.65. The monoisotopic (exact) mass is 414 g/mol. The van der Waals surface area contributed by atoms with E-state index >= 15 is 0 Å². The summed E-state index contributed by atoms with van der Waals surface area (Å²) in [7, 11) is 0. The quantitative estimate of drug-likeness (QED) is 0.516. The molecule has 0 fully saturated rings. The fraction of sp³-hybridized carbons (Fsp3) is 0.0909. The first-order valence-electron chi connectivity index (χ1n) is 9.64. The van der Waals surface area contributed by atoms with Gasteiger partial charge < -0.3 is 20.1 Å². The predicted molar refractivity (Wildman–Crippen MR) is 114 cm³/mol. The highest BCUT2D eigenvalue weighted by Gasteiger charge is 2.20. The number of imidazole rings is 1. The lowest BCUT2D eigenvalue weighted by molar-refractivity contribution is 0.101. The van der Waals surface area contributed by atoms with Crippen LogP contribution in [0.1, 0.15) is 10.4 Å². The topological polar surface area (TPSA) is 103 Å². The highest BCUT2D eigenvalue weighted by Crippen LogP contribution is 2.34. The number of fused-ring (bicyclic) bond motifs is 1. The predicted octanol–water partition coefficient (Wildman–Crippen LogP) is 3.43. The molecule has 154 valence electrons. The number of benzene rings is 2. The van der Waals surface area contributed by atoms with E-state index in [0.29, 0.717) is 47.6 Å². The minimum absolute atomic E-state index is 0.260. The largest absolute Gasteiger partial charge is 0.486 e. The standard InChI is InChI=1S/C22H18N6O3/c29-22(17-2-1-3-18-21(17)31-11-10-30-18)27-16-6-4-15(5-7-16)26-19-12-20(25-13-24-19)28-9-8-23-14-28/h1-9,12-14H,10-11H2,(H,27,29)(H,24,25,26). The molecule has 4 aromatic rings. The molecule has 1 amide bonds. The Bertz CT molecular complexity index is 1210. The van der Waals surface area contributed by atoms with Crippen LogP contribution in [0.4, 0.5) is 17.2 Å². The van der Waals surface area contributed by atoms with Crippen LogP contribution in [0.15, 0.2) is 73.6 Å². The summed E-state index contributed by atoms with van der Waals surface area (Å²) in [4.78, 5) is 25.2. The van der Waals surface area contributed by atoms with Gasteiger partial charge in [-0.05, 0) is 36.4 Å². The summed E-state index contributed by atoms with van der Waals surface area (Å²) in [5, 5.41) is 6.11. The van der Waals surface area contributed by atoms with Crippen molar-refractivity contribution in [1.82, 2.24) is 19.5 Å². The van der Waals surface area contributed by atoms with Gasteiger partial charge in [0.1, 0.15) is 37.5 Å². The van der Waals surface area contributed by atoms with Crippen molar-refractivity contribution in [2.75, 3.05) is 23.8 Å². The zero-order valence-electron chi connectivity index (χ0n) is 16.4. The molecule has 3 heterocycles. The van der Waals surface area contributed by atoms with E-state index < -0.39 is 0 Å². The van der Waals surface area contributed by atoms with Gasteiger partial charge in [0, 0.05) is 29.8 Å². The molecule has 9 nitrogen and oxygen atoms in total. The summed E-state index contributed by atoms with van der Waals surface area (Å²) < 4.78 is 13.0. The van der Waals surface area contributed by atoms with E-state index in [4.69, 9.17) is 9.47 Å². The number of aromatic nitrogens is 4. The molecule has 1 aliphatic heterocycles. The number of para-hydroxylation sites is 1. The van der Waals surface area contributed by atoms with Crippen LogP contribution in [0.3, 0.4) is 0 Å². The van der Waals surface area contributed by atoms with Crippen LogP contribution in [-0.4, -0.2) is 38.6 Å². The Balaban J connectivity index is 1.28. The van der Waals surface area contributed by atoms with Gasteiger partial charge >= 0.3 is 0 Å². The van der Waals surface area contributed by atoms with Crippen molar-refractivity contribution < 1.29 is 14.3 Å². The minimum Gasteiger partial charge on any atom is -0.486 e. The number of rotatable bonds is 5. The van der Waals surface area contributed by atoms with Crippen molar-refractivity contribution in [1.29, 1.82) is 0 Å². The number of nitrogens with zero attached hydrogens (tertiary/aromatic N) is 4. The zero-order chi connectivity index (χ0) is 21.0. The van der Waals surface area contributed by atoms with Crippen molar-refractivity contribution in [2.45, 2.75) is 0 Å². The molecule has 0 spiro atoms. The van der Waals surface area contributed by atoms with Gasteiger partial charge in [-0.1, -0.05) is 6.07 Å². The van der Waals surface area contributed by atoms with Gasteiger partial charge in [-0.3, -0.25) is 9.36 Å². The summed E-state index contributed by atoms with van der Waals surface area (Å²) in [6.45, 7) is 0.895. The van der Waals surface area contributed by atoms with Gasteiger partial charge in [0.15, 0.2) is 11.5 Å². The van der Waals surface area contributed by atoms with Crippen molar-refractivity contribution >= 4 is 23.1 Å². The molecule has 5 rings (SSSR count). The molecule has 0 radical (unpaired) electrons. The van der Waals surface area contributed by atoms with Gasteiger partial charge in [0.25, 0.3) is 5.91 Å². The van der Waals surface area contributed by atoms with E-state index in [1.54, 1.807) is 35.3 Å². The van der Waals surface area contributed by atoms with E-state index in [-0.39, 0.29) is 5.91 Å². The molecule has 2 aromatic carbocycles. The molecule has 0 atom stereocenters. The Morgan fingerprint density at radius 1 is 1.00 bits per heavy atom. The number of nitrogens with one attached hydrogen (secondary N) is 2. The second-order valence-corrected chi connectivity index (χ2v) is 6.72. The van der Waals surface area contributed by atoms with Gasteiger partial charge in [-0.25, -0.2) is 15.0 Å². The lowest BCUT2D eigenvalue weighted by Gasteiger charge is -2.20. The maximum absolute atomic E-state index is 12.7. The maximum atomic E-state index is 12.7. The normalized spacial score (nSPS) is 12.3. The lowest BCUT2D eigenvalue weighted by Crippen LogP contribution is -2.20. The van der Waals surface area contributed by atoms with Crippen LogP contribution in [-0.2, 0) is 0 Å². The second-order valence-electron chi connectivity index (χ2n) is 6.72. The first-order chi connectivity index (χ1) is 15.3. The van der Waals surface area contributed by atoms with E-state index in [9.17, 15) is 4.79 Å². The molecular formula is C22H18N6O3.